The molecule has 5 nitrogen and oxygen atoms in total. The lowest BCUT2D eigenvalue weighted by Crippen LogP contribution is -2.45. The Balaban J connectivity index is 1.79. The van der Waals surface area contributed by atoms with Crippen molar-refractivity contribution >= 4 is 17.4 Å². The van der Waals surface area contributed by atoms with Gasteiger partial charge in [-0.2, -0.15) is 4.98 Å². The highest BCUT2D eigenvalue weighted by molar-refractivity contribution is 7.99. The van der Waals surface area contributed by atoms with Gasteiger partial charge in [0.05, 0.1) is 0 Å². The second-order valence-electron chi connectivity index (χ2n) is 6.42. The number of rotatable bonds is 3. The number of ether oxygens (including phenoxy) is 1. The summed E-state index contributed by atoms with van der Waals surface area (Å²) in [5.74, 6) is 1.60. The number of benzene rings is 1. The van der Waals surface area contributed by atoms with E-state index in [0.29, 0.717) is 11.0 Å². The molecule has 1 aliphatic heterocycles. The van der Waals surface area contributed by atoms with Crippen molar-refractivity contribution < 1.29 is 4.74 Å². The van der Waals surface area contributed by atoms with Gasteiger partial charge in [0.2, 0.25) is 11.0 Å². The molecule has 1 aliphatic carbocycles. The van der Waals surface area contributed by atoms with Crippen molar-refractivity contribution in [3.8, 4) is 17.1 Å². The Morgan fingerprint density at radius 3 is 2.83 bits per heavy atom. The molecule has 1 N–H and O–H groups in total. The number of aromatic nitrogens is 3. The van der Waals surface area contributed by atoms with E-state index in [1.54, 1.807) is 11.8 Å². The molecular weight excluding hydrogens is 320 g/mol. The van der Waals surface area contributed by atoms with Gasteiger partial charge in [-0.05, 0) is 25.3 Å². The molecule has 1 aromatic carbocycles. The summed E-state index contributed by atoms with van der Waals surface area (Å²) in [4.78, 5) is 4.69. The Kier molecular flexibility index (Phi) is 4.31. The van der Waals surface area contributed by atoms with E-state index < -0.39 is 0 Å². The molecule has 2 heterocycles. The molecule has 2 aromatic rings. The third-order valence-electron chi connectivity index (χ3n) is 4.57. The molecule has 0 bridgehead atoms. The summed E-state index contributed by atoms with van der Waals surface area (Å²) >= 11 is 1.63. The monoisotopic (exact) mass is 342 g/mol. The zero-order chi connectivity index (χ0) is 16.4. The van der Waals surface area contributed by atoms with Gasteiger partial charge in [0.25, 0.3) is 0 Å². The van der Waals surface area contributed by atoms with Gasteiger partial charge in [-0.15, -0.1) is 10.2 Å². The molecule has 0 saturated heterocycles. The quantitative estimate of drug-likeness (QED) is 0.829. The highest BCUT2D eigenvalue weighted by atomic mass is 32.2. The number of nitrogens with zero attached hydrogens (tertiary/aromatic N) is 3. The van der Waals surface area contributed by atoms with E-state index in [9.17, 15) is 0 Å². The third kappa shape index (κ3) is 2.95. The fraction of sp³-hybridized carbons (Fsp3) is 0.500. The van der Waals surface area contributed by atoms with Crippen LogP contribution in [-0.4, -0.2) is 26.7 Å². The normalized spacial score (nSPS) is 18.0. The first-order valence-electron chi connectivity index (χ1n) is 8.74. The minimum Gasteiger partial charge on any atom is -0.449 e. The van der Waals surface area contributed by atoms with Gasteiger partial charge in [0, 0.05) is 29.8 Å². The van der Waals surface area contributed by atoms with Crippen LogP contribution in [0.25, 0.3) is 11.3 Å². The van der Waals surface area contributed by atoms with Gasteiger partial charge >= 0.3 is 0 Å². The second-order valence-corrected chi connectivity index (χ2v) is 7.49. The van der Waals surface area contributed by atoms with Gasteiger partial charge < -0.3 is 10.1 Å². The Bertz CT molecular complexity index is 731. The number of thioether (sulfide) groups is 1. The minimum absolute atomic E-state index is 0.373. The first-order valence-corrected chi connectivity index (χ1v) is 9.72. The van der Waals surface area contributed by atoms with Gasteiger partial charge in [-0.1, -0.05) is 43.3 Å². The van der Waals surface area contributed by atoms with Crippen molar-refractivity contribution in [1.82, 2.24) is 15.2 Å². The Hall–Kier alpha value is -1.82. The SMILES string of the molecule is CCCSc1nnc2c(n1)OC1(CCCCC1)Nc1ccccc1-2. The van der Waals surface area contributed by atoms with E-state index in [4.69, 9.17) is 4.74 Å². The topological polar surface area (TPSA) is 59.9 Å². The highest BCUT2D eigenvalue weighted by Crippen LogP contribution is 2.43. The number of hydrogen-bond donors (Lipinski definition) is 1. The van der Waals surface area contributed by atoms with Crippen LogP contribution in [0.1, 0.15) is 45.4 Å². The summed E-state index contributed by atoms with van der Waals surface area (Å²) in [5, 5.41) is 13.1. The molecule has 6 heteroatoms. The van der Waals surface area contributed by atoms with Crippen LogP contribution in [0, 0.1) is 0 Å². The first-order chi connectivity index (χ1) is 11.8. The number of para-hydroxylation sites is 1. The average molecular weight is 342 g/mol. The zero-order valence-corrected chi connectivity index (χ0v) is 14.7. The molecule has 2 aliphatic rings. The van der Waals surface area contributed by atoms with Crippen LogP contribution in [0.5, 0.6) is 5.88 Å². The lowest BCUT2D eigenvalue weighted by atomic mass is 9.91. The van der Waals surface area contributed by atoms with Gasteiger partial charge in [-0.25, -0.2) is 0 Å². The van der Waals surface area contributed by atoms with E-state index in [1.165, 1.54) is 19.3 Å². The number of hydrogen-bond acceptors (Lipinski definition) is 6. The van der Waals surface area contributed by atoms with Crippen molar-refractivity contribution in [2.75, 3.05) is 11.1 Å². The number of fused-ring (bicyclic) bond motifs is 3. The number of nitrogens with one attached hydrogen (secondary N) is 1. The summed E-state index contributed by atoms with van der Waals surface area (Å²) in [6.07, 6.45) is 6.66. The van der Waals surface area contributed by atoms with Crippen LogP contribution in [0.15, 0.2) is 29.4 Å². The predicted octanol–water partition coefficient (Wildman–Crippen LogP) is 4.51. The Morgan fingerprint density at radius 1 is 1.17 bits per heavy atom. The molecule has 1 spiro atoms. The lowest BCUT2D eigenvalue weighted by molar-refractivity contribution is 0.0536. The van der Waals surface area contributed by atoms with Crippen molar-refractivity contribution in [2.24, 2.45) is 0 Å². The van der Waals surface area contributed by atoms with Gasteiger partial charge in [-0.3, -0.25) is 0 Å². The molecule has 1 fully saturated rings. The van der Waals surface area contributed by atoms with Crippen LogP contribution in [0.3, 0.4) is 0 Å². The molecule has 1 saturated carbocycles. The van der Waals surface area contributed by atoms with Crippen LogP contribution >= 0.6 is 11.8 Å². The van der Waals surface area contributed by atoms with Gasteiger partial charge in [0.1, 0.15) is 0 Å². The van der Waals surface area contributed by atoms with E-state index in [-0.39, 0.29) is 5.72 Å². The lowest BCUT2D eigenvalue weighted by Gasteiger charge is -2.37. The first kappa shape index (κ1) is 15.7. The van der Waals surface area contributed by atoms with E-state index in [2.05, 4.69) is 39.6 Å². The molecule has 0 unspecified atom stereocenters. The van der Waals surface area contributed by atoms with Gasteiger partial charge in [0.15, 0.2) is 11.4 Å². The summed E-state index contributed by atoms with van der Waals surface area (Å²) in [7, 11) is 0. The minimum atomic E-state index is -0.373. The molecule has 0 atom stereocenters. The smallest absolute Gasteiger partial charge is 0.247 e. The van der Waals surface area contributed by atoms with Crippen LogP contribution < -0.4 is 10.1 Å². The molecule has 24 heavy (non-hydrogen) atoms. The standard InChI is InChI=1S/C18H22N4OS/c1-2-12-24-17-19-16-15(21-22-17)13-8-4-5-9-14(13)20-18(23-16)10-6-3-7-11-18/h4-5,8-9,20H,2-3,6-7,10-12H2,1H3. The maximum Gasteiger partial charge on any atom is 0.247 e. The van der Waals surface area contributed by atoms with Crippen LogP contribution in [0.4, 0.5) is 5.69 Å². The van der Waals surface area contributed by atoms with E-state index in [1.807, 2.05) is 12.1 Å². The van der Waals surface area contributed by atoms with Crippen molar-refractivity contribution in [2.45, 2.75) is 56.3 Å². The van der Waals surface area contributed by atoms with Crippen molar-refractivity contribution in [1.29, 1.82) is 0 Å². The molecule has 0 amide bonds. The summed E-state index contributed by atoms with van der Waals surface area (Å²) in [6, 6.07) is 8.21. The predicted molar refractivity (Wildman–Crippen MR) is 96.3 cm³/mol. The second kappa shape index (κ2) is 6.59. The molecule has 0 radical (unpaired) electrons. The average Bonchev–Trinajstić information content (AvgIpc) is 2.74. The van der Waals surface area contributed by atoms with Crippen molar-refractivity contribution in [3.63, 3.8) is 0 Å². The summed E-state index contributed by atoms with van der Waals surface area (Å²) < 4.78 is 6.45. The maximum absolute atomic E-state index is 6.45. The highest BCUT2D eigenvalue weighted by Gasteiger charge is 2.38. The maximum atomic E-state index is 6.45. The molecule has 126 valence electrons. The van der Waals surface area contributed by atoms with E-state index in [0.717, 1.165) is 42.0 Å². The Morgan fingerprint density at radius 2 is 2.00 bits per heavy atom. The molecular formula is C18H22N4OS. The van der Waals surface area contributed by atoms with E-state index >= 15 is 0 Å². The fourth-order valence-electron chi connectivity index (χ4n) is 3.40. The zero-order valence-electron chi connectivity index (χ0n) is 13.9. The fourth-order valence-corrected chi connectivity index (χ4v) is 4.03. The summed E-state index contributed by atoms with van der Waals surface area (Å²) in [6.45, 7) is 2.15. The number of anilines is 1. The molecule has 4 rings (SSSR count). The third-order valence-corrected chi connectivity index (χ3v) is 5.61. The Labute approximate surface area is 146 Å². The van der Waals surface area contributed by atoms with Crippen LogP contribution in [0.2, 0.25) is 0 Å². The van der Waals surface area contributed by atoms with Crippen molar-refractivity contribution in [3.05, 3.63) is 24.3 Å². The molecule has 1 aromatic heterocycles. The summed E-state index contributed by atoms with van der Waals surface area (Å²) in [5.41, 5.74) is 2.44. The largest absolute Gasteiger partial charge is 0.449 e. The van der Waals surface area contributed by atoms with Crippen LogP contribution in [-0.2, 0) is 0 Å².